The molecule has 3 aromatic rings. The van der Waals surface area contributed by atoms with Crippen molar-refractivity contribution in [2.75, 3.05) is 17.3 Å². The van der Waals surface area contributed by atoms with Crippen molar-refractivity contribution in [3.05, 3.63) is 76.4 Å². The molecule has 0 spiro atoms. The van der Waals surface area contributed by atoms with Gasteiger partial charge in [-0.3, -0.25) is 19.8 Å². The molecule has 154 valence electrons. The molecule has 0 fully saturated rings. The quantitative estimate of drug-likeness (QED) is 0.411. The minimum absolute atomic E-state index is 0.108. The third-order valence-corrected chi connectivity index (χ3v) is 4.98. The molecule has 0 saturated carbocycles. The van der Waals surface area contributed by atoms with E-state index in [0.29, 0.717) is 32.2 Å². The van der Waals surface area contributed by atoms with E-state index >= 15 is 0 Å². The van der Waals surface area contributed by atoms with E-state index < -0.39 is 17.7 Å². The lowest BCUT2D eigenvalue weighted by Crippen LogP contribution is -2.39. The molecule has 0 unspecified atom stereocenters. The Morgan fingerprint density at radius 2 is 1.87 bits per heavy atom. The largest absolute Gasteiger partial charge is 0.344 e. The molecule has 0 aliphatic rings. The van der Waals surface area contributed by atoms with Crippen molar-refractivity contribution in [3.8, 4) is 0 Å². The summed E-state index contributed by atoms with van der Waals surface area (Å²) in [5.74, 6) is -2.29. The van der Waals surface area contributed by atoms with Gasteiger partial charge < -0.3 is 10.6 Å². The van der Waals surface area contributed by atoms with Crippen LogP contribution >= 0.6 is 23.2 Å². The van der Waals surface area contributed by atoms with Crippen molar-refractivity contribution in [2.24, 2.45) is 0 Å². The van der Waals surface area contributed by atoms with Gasteiger partial charge in [0.2, 0.25) is 0 Å². The van der Waals surface area contributed by atoms with Gasteiger partial charge in [-0.15, -0.1) is 6.58 Å². The zero-order valence-electron chi connectivity index (χ0n) is 16.0. The van der Waals surface area contributed by atoms with Gasteiger partial charge in [0.05, 0.1) is 5.52 Å². The van der Waals surface area contributed by atoms with Crippen LogP contribution < -0.4 is 16.1 Å². The normalized spacial score (nSPS) is 10.5. The molecule has 9 heteroatoms. The zero-order chi connectivity index (χ0) is 21.8. The number of benzene rings is 2. The first-order valence-electron chi connectivity index (χ1n) is 8.89. The van der Waals surface area contributed by atoms with Crippen LogP contribution in [-0.2, 0) is 9.59 Å². The lowest BCUT2D eigenvalue weighted by atomic mass is 10.2. The van der Waals surface area contributed by atoms with Crippen LogP contribution in [0.5, 0.6) is 0 Å². The van der Waals surface area contributed by atoms with Crippen LogP contribution in [0.4, 0.5) is 5.69 Å². The highest BCUT2D eigenvalue weighted by atomic mass is 35.5. The Balaban J connectivity index is 1.98. The van der Waals surface area contributed by atoms with Crippen LogP contribution in [0.25, 0.3) is 10.9 Å². The predicted molar refractivity (Wildman–Crippen MR) is 119 cm³/mol. The maximum Gasteiger partial charge on any atom is 0.328 e. The highest BCUT2D eigenvalue weighted by Gasteiger charge is 2.21. The fraction of sp³-hybridized carbons (Fsp3) is 0.0952. The van der Waals surface area contributed by atoms with Crippen LogP contribution in [0.2, 0.25) is 10.0 Å². The van der Waals surface area contributed by atoms with Crippen LogP contribution in [0.15, 0.2) is 55.1 Å². The molecule has 3 rings (SSSR count). The van der Waals surface area contributed by atoms with E-state index in [-0.39, 0.29) is 12.2 Å². The topological polar surface area (TPSA) is 92.2 Å². The Labute approximate surface area is 182 Å². The molecular weight excluding hydrogens is 427 g/mol. The molecule has 3 amide bonds. The average Bonchev–Trinajstić information content (AvgIpc) is 3.06. The maximum atomic E-state index is 13.0. The number of aromatic nitrogens is 1. The Morgan fingerprint density at radius 3 is 2.60 bits per heavy atom. The summed E-state index contributed by atoms with van der Waals surface area (Å²) in [5.41, 5.74) is 4.29. The van der Waals surface area contributed by atoms with Crippen molar-refractivity contribution >= 4 is 57.5 Å². The molecule has 2 aromatic carbocycles. The first-order valence-corrected chi connectivity index (χ1v) is 9.65. The molecule has 0 aliphatic carbocycles. The third-order valence-electron chi connectivity index (χ3n) is 4.34. The van der Waals surface area contributed by atoms with Crippen LogP contribution in [0, 0.1) is 6.92 Å². The first-order chi connectivity index (χ1) is 14.3. The number of carbonyl (C=O) groups excluding carboxylic acids is 3. The summed E-state index contributed by atoms with van der Waals surface area (Å²) in [6, 6.07) is 11.6. The summed E-state index contributed by atoms with van der Waals surface area (Å²) < 4.78 is 1.25. The summed E-state index contributed by atoms with van der Waals surface area (Å²) in [6.45, 7) is 5.39. The molecule has 0 aliphatic heterocycles. The van der Waals surface area contributed by atoms with Crippen LogP contribution in [0.1, 0.15) is 16.1 Å². The monoisotopic (exact) mass is 444 g/mol. The molecule has 7 nitrogen and oxygen atoms in total. The molecule has 0 saturated heterocycles. The number of hydrogen-bond donors (Lipinski definition) is 3. The van der Waals surface area contributed by atoms with Crippen molar-refractivity contribution in [1.29, 1.82) is 0 Å². The number of nitrogens with one attached hydrogen (secondary N) is 3. The van der Waals surface area contributed by atoms with Gasteiger partial charge in [-0.1, -0.05) is 35.3 Å². The zero-order valence-corrected chi connectivity index (χ0v) is 17.5. The Bertz CT molecular complexity index is 1170. The summed E-state index contributed by atoms with van der Waals surface area (Å²) >= 11 is 12.2. The third kappa shape index (κ3) is 4.48. The van der Waals surface area contributed by atoms with E-state index in [1.807, 2.05) is 0 Å². The minimum atomic E-state index is -0.933. The van der Waals surface area contributed by atoms with Crippen LogP contribution in [0.3, 0.4) is 0 Å². The Kier molecular flexibility index (Phi) is 6.44. The SMILES string of the molecule is C=CCNC(=O)C(=O)Nn1c(C(=O)Nc2cccc(Cl)c2C)cc2cc(Cl)ccc21. The van der Waals surface area contributed by atoms with Crippen molar-refractivity contribution < 1.29 is 14.4 Å². The number of halogens is 2. The van der Waals surface area contributed by atoms with Gasteiger partial charge in [0.15, 0.2) is 0 Å². The number of rotatable bonds is 5. The Morgan fingerprint density at radius 1 is 1.10 bits per heavy atom. The first kappa shape index (κ1) is 21.4. The molecule has 3 N–H and O–H groups in total. The average molecular weight is 445 g/mol. The number of fused-ring (bicyclic) bond motifs is 1. The van der Waals surface area contributed by atoms with Gasteiger partial charge in [-0.05, 0) is 48.9 Å². The van der Waals surface area contributed by atoms with E-state index in [2.05, 4.69) is 22.6 Å². The van der Waals surface area contributed by atoms with Crippen molar-refractivity contribution in [2.45, 2.75) is 6.92 Å². The summed E-state index contributed by atoms with van der Waals surface area (Å²) in [7, 11) is 0. The minimum Gasteiger partial charge on any atom is -0.344 e. The number of carbonyl (C=O) groups is 3. The Hall–Kier alpha value is -3.29. The fourth-order valence-electron chi connectivity index (χ4n) is 2.80. The van der Waals surface area contributed by atoms with E-state index in [0.717, 1.165) is 0 Å². The molecule has 30 heavy (non-hydrogen) atoms. The number of hydrogen-bond acceptors (Lipinski definition) is 3. The predicted octanol–water partition coefficient (Wildman–Crippen LogP) is 3.88. The highest BCUT2D eigenvalue weighted by molar-refractivity contribution is 6.38. The summed E-state index contributed by atoms with van der Waals surface area (Å²) in [6.07, 6.45) is 1.45. The molecule has 0 bridgehead atoms. The van der Waals surface area contributed by atoms with Gasteiger partial charge >= 0.3 is 11.8 Å². The van der Waals surface area contributed by atoms with Crippen LogP contribution in [-0.4, -0.2) is 28.9 Å². The molecule has 1 aromatic heterocycles. The second kappa shape index (κ2) is 9.02. The number of nitrogens with zero attached hydrogens (tertiary/aromatic N) is 1. The molecular formula is C21H18Cl2N4O3. The van der Waals surface area contributed by atoms with Crippen molar-refractivity contribution in [3.63, 3.8) is 0 Å². The smallest absolute Gasteiger partial charge is 0.328 e. The number of anilines is 1. The van der Waals surface area contributed by atoms with E-state index in [1.165, 1.54) is 10.8 Å². The van der Waals surface area contributed by atoms with E-state index in [1.54, 1.807) is 49.4 Å². The van der Waals surface area contributed by atoms with E-state index in [4.69, 9.17) is 23.2 Å². The van der Waals surface area contributed by atoms with Gasteiger partial charge in [-0.25, -0.2) is 4.68 Å². The van der Waals surface area contributed by atoms with Crippen molar-refractivity contribution in [1.82, 2.24) is 9.99 Å². The van der Waals surface area contributed by atoms with E-state index in [9.17, 15) is 14.4 Å². The molecule has 0 radical (unpaired) electrons. The van der Waals surface area contributed by atoms with Gasteiger partial charge in [0.1, 0.15) is 5.69 Å². The molecule has 0 atom stereocenters. The van der Waals surface area contributed by atoms with Gasteiger partial charge in [0, 0.05) is 27.7 Å². The van der Waals surface area contributed by atoms with Gasteiger partial charge in [0.25, 0.3) is 5.91 Å². The second-order valence-electron chi connectivity index (χ2n) is 6.37. The highest BCUT2D eigenvalue weighted by Crippen LogP contribution is 2.26. The lowest BCUT2D eigenvalue weighted by molar-refractivity contribution is -0.136. The second-order valence-corrected chi connectivity index (χ2v) is 7.22. The standard InChI is InChI=1S/C21H18Cl2N4O3/c1-3-9-24-20(29)21(30)26-27-17-8-7-14(22)10-13(17)11-18(27)19(28)25-16-6-4-5-15(23)12(16)2/h3-8,10-11H,1,9H2,2H3,(H,24,29)(H,25,28)(H,26,30). The van der Waals surface area contributed by atoms with Gasteiger partial charge in [-0.2, -0.15) is 0 Å². The lowest BCUT2D eigenvalue weighted by Gasteiger charge is -2.13. The fourth-order valence-corrected chi connectivity index (χ4v) is 3.16. The number of amides is 3. The maximum absolute atomic E-state index is 13.0. The molecule has 1 heterocycles. The summed E-state index contributed by atoms with van der Waals surface area (Å²) in [5, 5.41) is 6.75. The summed E-state index contributed by atoms with van der Waals surface area (Å²) in [4.78, 5) is 37.3.